The van der Waals surface area contributed by atoms with Crippen LogP contribution in [0, 0.1) is 0 Å². The number of morpholine rings is 1. The molecule has 0 unspecified atom stereocenters. The van der Waals surface area contributed by atoms with Crippen molar-refractivity contribution in [2.45, 2.75) is 11.6 Å². The van der Waals surface area contributed by atoms with Gasteiger partial charge in [-0.25, -0.2) is 4.98 Å². The van der Waals surface area contributed by atoms with Crippen molar-refractivity contribution in [2.75, 3.05) is 38.3 Å². The Morgan fingerprint density at radius 2 is 2.00 bits per heavy atom. The average molecular weight is 400 g/mol. The fraction of sp³-hybridized carbons (Fsp3) is 0.412. The van der Waals surface area contributed by atoms with Crippen LogP contribution in [0.3, 0.4) is 0 Å². The molecule has 5 heterocycles. The van der Waals surface area contributed by atoms with Crippen molar-refractivity contribution in [3.05, 3.63) is 17.9 Å². The zero-order valence-corrected chi connectivity index (χ0v) is 16.4. The second-order valence-electron chi connectivity index (χ2n) is 6.63. The molecule has 5 rings (SSSR count). The van der Waals surface area contributed by atoms with Gasteiger partial charge in [-0.1, -0.05) is 0 Å². The van der Waals surface area contributed by atoms with Crippen molar-refractivity contribution in [3.63, 3.8) is 0 Å². The first-order valence-electron chi connectivity index (χ1n) is 8.96. The zero-order chi connectivity index (χ0) is 19.3. The highest BCUT2D eigenvalue weighted by molar-refractivity contribution is 7.98. The van der Waals surface area contributed by atoms with E-state index in [0.717, 1.165) is 49.0 Å². The molecule has 10 nitrogen and oxygen atoms in total. The monoisotopic (exact) mass is 400 g/mol. The van der Waals surface area contributed by atoms with Crippen LogP contribution in [0.1, 0.15) is 5.76 Å². The fourth-order valence-corrected chi connectivity index (χ4v) is 4.15. The minimum atomic E-state index is 0.243. The number of thioether (sulfide) groups is 1. The van der Waals surface area contributed by atoms with Crippen LogP contribution in [0.4, 0.5) is 5.95 Å². The Bertz CT molecular complexity index is 1160. The van der Waals surface area contributed by atoms with E-state index in [2.05, 4.69) is 20.1 Å². The molecule has 0 bridgehead atoms. The maximum Gasteiger partial charge on any atom is 0.225 e. The highest BCUT2D eigenvalue weighted by Gasteiger charge is 2.21. The van der Waals surface area contributed by atoms with Gasteiger partial charge in [0.05, 0.1) is 25.1 Å². The van der Waals surface area contributed by atoms with E-state index in [1.165, 1.54) is 0 Å². The molecule has 1 aliphatic heterocycles. The van der Waals surface area contributed by atoms with Crippen molar-refractivity contribution in [2.24, 2.45) is 7.05 Å². The van der Waals surface area contributed by atoms with Gasteiger partial charge in [0.15, 0.2) is 17.1 Å². The van der Waals surface area contributed by atoms with Crippen LogP contribution in [-0.4, -0.2) is 66.8 Å². The van der Waals surface area contributed by atoms with E-state index in [4.69, 9.17) is 19.9 Å². The number of nitrogens with two attached hydrogens (primary N) is 1. The molecule has 11 heteroatoms. The van der Waals surface area contributed by atoms with Crippen LogP contribution in [0.2, 0.25) is 0 Å². The maximum absolute atomic E-state index is 6.09. The summed E-state index contributed by atoms with van der Waals surface area (Å²) in [6.45, 7) is 4.06. The Hall–Kier alpha value is -2.63. The number of furan rings is 1. The van der Waals surface area contributed by atoms with E-state index in [1.807, 2.05) is 25.4 Å². The lowest BCUT2D eigenvalue weighted by Gasteiger charge is -2.25. The summed E-state index contributed by atoms with van der Waals surface area (Å²) in [5.41, 5.74) is 7.27. The molecule has 0 atom stereocenters. The Balaban J connectivity index is 1.55. The molecule has 0 amide bonds. The quantitative estimate of drug-likeness (QED) is 0.508. The molecular weight excluding hydrogens is 380 g/mol. The number of fused-ring (bicyclic) bond motifs is 3. The largest absolute Gasteiger partial charge is 0.456 e. The highest BCUT2D eigenvalue weighted by Crippen LogP contribution is 2.30. The second kappa shape index (κ2) is 6.76. The molecule has 0 saturated carbocycles. The van der Waals surface area contributed by atoms with E-state index in [1.54, 1.807) is 21.0 Å². The minimum absolute atomic E-state index is 0.243. The van der Waals surface area contributed by atoms with Crippen LogP contribution in [0.5, 0.6) is 0 Å². The molecule has 0 radical (unpaired) electrons. The Labute approximate surface area is 164 Å². The van der Waals surface area contributed by atoms with E-state index >= 15 is 0 Å². The lowest BCUT2D eigenvalue weighted by molar-refractivity contribution is 0.0314. The number of nitrogens with zero attached hydrogens (tertiary/aromatic N) is 7. The lowest BCUT2D eigenvalue weighted by atomic mass is 10.3. The van der Waals surface area contributed by atoms with Gasteiger partial charge in [0.2, 0.25) is 11.8 Å². The first-order chi connectivity index (χ1) is 13.6. The highest BCUT2D eigenvalue weighted by atomic mass is 32.2. The van der Waals surface area contributed by atoms with Crippen LogP contribution in [0.25, 0.3) is 28.3 Å². The van der Waals surface area contributed by atoms with E-state index in [-0.39, 0.29) is 5.95 Å². The molecule has 0 aliphatic carbocycles. The molecule has 4 aromatic heterocycles. The Morgan fingerprint density at radius 3 is 2.79 bits per heavy atom. The van der Waals surface area contributed by atoms with Crippen molar-refractivity contribution in [3.8, 4) is 11.6 Å². The van der Waals surface area contributed by atoms with Gasteiger partial charge in [-0.15, -0.1) is 16.9 Å². The van der Waals surface area contributed by atoms with Crippen molar-refractivity contribution in [1.29, 1.82) is 0 Å². The van der Waals surface area contributed by atoms with Gasteiger partial charge in [-0.2, -0.15) is 14.6 Å². The summed E-state index contributed by atoms with van der Waals surface area (Å²) in [4.78, 5) is 11.4. The number of ether oxygens (including phenoxy) is 1. The van der Waals surface area contributed by atoms with Gasteiger partial charge < -0.3 is 14.9 Å². The maximum atomic E-state index is 6.09. The number of hydrogen-bond donors (Lipinski definition) is 1. The van der Waals surface area contributed by atoms with Gasteiger partial charge in [0.25, 0.3) is 0 Å². The number of rotatable bonds is 4. The average Bonchev–Trinajstić information content (AvgIpc) is 3.39. The second-order valence-corrected chi connectivity index (χ2v) is 7.42. The number of aryl methyl sites for hydroxylation is 1. The van der Waals surface area contributed by atoms with Gasteiger partial charge in [0.1, 0.15) is 10.8 Å². The fourth-order valence-electron chi connectivity index (χ4n) is 3.46. The number of aromatic nitrogens is 6. The van der Waals surface area contributed by atoms with Gasteiger partial charge in [0, 0.05) is 20.1 Å². The number of hydrogen-bond acceptors (Lipinski definition) is 9. The summed E-state index contributed by atoms with van der Waals surface area (Å²) in [5, 5.41) is 10.7. The summed E-state index contributed by atoms with van der Waals surface area (Å²) < 4.78 is 14.7. The first kappa shape index (κ1) is 17.5. The summed E-state index contributed by atoms with van der Waals surface area (Å²) in [6, 6.07) is 3.86. The predicted molar refractivity (Wildman–Crippen MR) is 105 cm³/mol. The zero-order valence-electron chi connectivity index (χ0n) is 15.6. The molecule has 0 spiro atoms. The van der Waals surface area contributed by atoms with Crippen LogP contribution in [-0.2, 0) is 18.3 Å². The Morgan fingerprint density at radius 1 is 1.18 bits per heavy atom. The third-order valence-corrected chi connectivity index (χ3v) is 5.66. The van der Waals surface area contributed by atoms with Gasteiger partial charge in [-0.3, -0.25) is 9.58 Å². The van der Waals surface area contributed by atoms with E-state index in [9.17, 15) is 0 Å². The third kappa shape index (κ3) is 2.82. The normalized spacial score (nSPS) is 15.8. The summed E-state index contributed by atoms with van der Waals surface area (Å²) in [6.07, 6.45) is 1.99. The molecule has 28 heavy (non-hydrogen) atoms. The van der Waals surface area contributed by atoms with E-state index in [0.29, 0.717) is 22.9 Å². The number of nitrogen functional groups attached to an aromatic ring is 1. The van der Waals surface area contributed by atoms with Crippen molar-refractivity contribution >= 4 is 34.4 Å². The third-order valence-electron chi connectivity index (χ3n) is 4.80. The SMILES string of the molecule is CSc1c2c(nc(N)n3nc(-c4ccc(CN5CCOCC5)o4)nc23)nn1C. The molecule has 2 N–H and O–H groups in total. The Kier molecular flexibility index (Phi) is 4.22. The number of anilines is 1. The lowest BCUT2D eigenvalue weighted by Crippen LogP contribution is -2.35. The summed E-state index contributed by atoms with van der Waals surface area (Å²) >= 11 is 1.58. The van der Waals surface area contributed by atoms with Crippen LogP contribution in [0.15, 0.2) is 21.6 Å². The topological polar surface area (TPSA) is 113 Å². The summed E-state index contributed by atoms with van der Waals surface area (Å²) in [7, 11) is 1.88. The van der Waals surface area contributed by atoms with Gasteiger partial charge in [-0.05, 0) is 18.4 Å². The smallest absolute Gasteiger partial charge is 0.225 e. The van der Waals surface area contributed by atoms with E-state index < -0.39 is 0 Å². The molecule has 146 valence electrons. The molecular formula is C17H20N8O2S. The van der Waals surface area contributed by atoms with Crippen LogP contribution >= 0.6 is 11.8 Å². The first-order valence-corrected chi connectivity index (χ1v) is 10.2. The predicted octanol–water partition coefficient (Wildman–Crippen LogP) is 1.41. The van der Waals surface area contributed by atoms with Crippen molar-refractivity contribution in [1.82, 2.24) is 34.3 Å². The standard InChI is InChI=1S/C17H20N8O2S/c1-23-16(28-2)12-14(21-23)20-17(18)25-15(12)19-13(22-25)11-4-3-10(27-11)9-24-5-7-26-8-6-24/h3-4H,5-9H2,1-2H3,(H2,18,20,21). The molecule has 1 aliphatic rings. The molecule has 1 fully saturated rings. The summed E-state index contributed by atoms with van der Waals surface area (Å²) in [5.74, 6) is 2.20. The molecule has 1 saturated heterocycles. The van der Waals surface area contributed by atoms with Crippen LogP contribution < -0.4 is 5.73 Å². The molecule has 0 aromatic carbocycles. The van der Waals surface area contributed by atoms with Crippen molar-refractivity contribution < 1.29 is 9.15 Å². The molecule has 4 aromatic rings. The van der Waals surface area contributed by atoms with Gasteiger partial charge >= 0.3 is 0 Å². The minimum Gasteiger partial charge on any atom is -0.456 e.